The van der Waals surface area contributed by atoms with Crippen LogP contribution in [0.4, 0.5) is 5.69 Å². The molecule has 0 saturated heterocycles. The van der Waals surface area contributed by atoms with Gasteiger partial charge in [-0.15, -0.1) is 0 Å². The Morgan fingerprint density at radius 3 is 2.57 bits per heavy atom. The molecule has 1 heterocycles. The van der Waals surface area contributed by atoms with E-state index in [0.29, 0.717) is 12.1 Å². The summed E-state index contributed by atoms with van der Waals surface area (Å²) < 4.78 is 6.35. The lowest BCUT2D eigenvalue weighted by atomic mass is 9.99. The number of hydrogen-bond donors (Lipinski definition) is 2. The zero-order valence-electron chi connectivity index (χ0n) is 19.9. The predicted molar refractivity (Wildman–Crippen MR) is 140 cm³/mol. The number of anilines is 1. The average molecular weight is 467 g/mol. The highest BCUT2D eigenvalue weighted by Crippen LogP contribution is 2.35. The largest absolute Gasteiger partial charge is 0.486 e. The first-order valence-electron chi connectivity index (χ1n) is 12.1. The average Bonchev–Trinajstić information content (AvgIpc) is 2.88. The Bertz CT molecular complexity index is 1310. The Morgan fingerprint density at radius 1 is 1.00 bits per heavy atom. The van der Waals surface area contributed by atoms with E-state index >= 15 is 0 Å². The standard InChI is InChI=1S/C30H30N2O3/c1-21(26-10-6-8-23-7-2-3-9-27(23)26)31-18-17-25-20-32(28-11-4-5-12-29(28)35-25)19-22-13-15-24(16-14-22)30(33)34/h2-16,21,25,31H,17-20H2,1H3,(H,33,34)/t21-,25?/m1/s1. The van der Waals surface area contributed by atoms with Crippen molar-refractivity contribution < 1.29 is 14.6 Å². The third-order valence-corrected chi connectivity index (χ3v) is 6.70. The summed E-state index contributed by atoms with van der Waals surface area (Å²) in [5, 5.41) is 15.4. The van der Waals surface area contributed by atoms with E-state index in [1.54, 1.807) is 12.1 Å². The van der Waals surface area contributed by atoms with Gasteiger partial charge < -0.3 is 20.1 Å². The molecule has 0 radical (unpaired) electrons. The van der Waals surface area contributed by atoms with Gasteiger partial charge >= 0.3 is 5.97 Å². The van der Waals surface area contributed by atoms with Gasteiger partial charge in [-0.05, 0) is 66.1 Å². The van der Waals surface area contributed by atoms with Crippen LogP contribution in [0.25, 0.3) is 10.8 Å². The maximum Gasteiger partial charge on any atom is 0.335 e. The SMILES string of the molecule is C[C@@H](NCCC1CN(Cc2ccc(C(=O)O)cc2)c2ccccc2O1)c1cccc2ccccc12. The summed E-state index contributed by atoms with van der Waals surface area (Å²) in [6.45, 7) is 4.54. The molecular formula is C30H30N2O3. The Morgan fingerprint density at radius 2 is 1.74 bits per heavy atom. The third-order valence-electron chi connectivity index (χ3n) is 6.70. The summed E-state index contributed by atoms with van der Waals surface area (Å²) in [7, 11) is 0. The zero-order chi connectivity index (χ0) is 24.2. The molecule has 5 nitrogen and oxygen atoms in total. The second-order valence-corrected chi connectivity index (χ2v) is 9.12. The van der Waals surface area contributed by atoms with Gasteiger partial charge in [-0.2, -0.15) is 0 Å². The maximum absolute atomic E-state index is 11.2. The first kappa shape index (κ1) is 22.9. The van der Waals surface area contributed by atoms with Crippen LogP contribution in [0, 0.1) is 0 Å². The highest BCUT2D eigenvalue weighted by atomic mass is 16.5. The van der Waals surface area contributed by atoms with Crippen LogP contribution in [-0.2, 0) is 6.54 Å². The van der Waals surface area contributed by atoms with Crippen molar-refractivity contribution in [3.63, 3.8) is 0 Å². The van der Waals surface area contributed by atoms with Gasteiger partial charge in [-0.25, -0.2) is 4.79 Å². The van der Waals surface area contributed by atoms with E-state index in [-0.39, 0.29) is 12.1 Å². The van der Waals surface area contributed by atoms with Crippen molar-refractivity contribution in [1.82, 2.24) is 5.32 Å². The van der Waals surface area contributed by atoms with E-state index in [1.165, 1.54) is 16.3 Å². The van der Waals surface area contributed by atoms with Gasteiger partial charge in [0.1, 0.15) is 11.9 Å². The Kier molecular flexibility index (Phi) is 6.68. The number of fused-ring (bicyclic) bond motifs is 2. The van der Waals surface area contributed by atoms with Crippen LogP contribution >= 0.6 is 0 Å². The van der Waals surface area contributed by atoms with Crippen LogP contribution in [0.2, 0.25) is 0 Å². The first-order chi connectivity index (χ1) is 17.1. The van der Waals surface area contributed by atoms with Crippen LogP contribution in [-0.4, -0.2) is 30.3 Å². The molecule has 1 aliphatic rings. The van der Waals surface area contributed by atoms with Crippen LogP contribution in [0.1, 0.15) is 40.9 Å². The van der Waals surface area contributed by atoms with Gasteiger partial charge in [-0.3, -0.25) is 0 Å². The zero-order valence-corrected chi connectivity index (χ0v) is 19.9. The van der Waals surface area contributed by atoms with Crippen LogP contribution in [0.5, 0.6) is 5.75 Å². The molecule has 2 N–H and O–H groups in total. The minimum Gasteiger partial charge on any atom is -0.486 e. The fraction of sp³-hybridized carbons (Fsp3) is 0.233. The number of nitrogens with one attached hydrogen (secondary N) is 1. The molecule has 1 aliphatic heterocycles. The molecule has 0 saturated carbocycles. The molecule has 0 fully saturated rings. The summed E-state index contributed by atoms with van der Waals surface area (Å²) >= 11 is 0. The number of hydrogen-bond acceptors (Lipinski definition) is 4. The van der Waals surface area contributed by atoms with Crippen molar-refractivity contribution in [2.24, 2.45) is 0 Å². The number of benzene rings is 4. The van der Waals surface area contributed by atoms with Gasteiger partial charge in [0.25, 0.3) is 0 Å². The lowest BCUT2D eigenvalue weighted by Crippen LogP contribution is -2.41. The summed E-state index contributed by atoms with van der Waals surface area (Å²) in [5.74, 6) is -0.00781. The highest BCUT2D eigenvalue weighted by Gasteiger charge is 2.25. The Hall–Kier alpha value is -3.83. The summed E-state index contributed by atoms with van der Waals surface area (Å²) in [5.41, 5.74) is 3.76. The molecule has 4 aromatic carbocycles. The van der Waals surface area contributed by atoms with Gasteiger partial charge in [0.2, 0.25) is 0 Å². The van der Waals surface area contributed by atoms with Crippen molar-refractivity contribution in [1.29, 1.82) is 0 Å². The molecule has 5 heteroatoms. The quantitative estimate of drug-likeness (QED) is 0.331. The normalized spacial score (nSPS) is 15.9. The van der Waals surface area contributed by atoms with E-state index in [1.807, 2.05) is 30.3 Å². The lowest BCUT2D eigenvalue weighted by Gasteiger charge is -2.36. The van der Waals surface area contributed by atoms with E-state index in [0.717, 1.165) is 36.5 Å². The first-order valence-corrected chi connectivity index (χ1v) is 12.1. The number of rotatable bonds is 8. The number of para-hydroxylation sites is 2. The molecule has 5 rings (SSSR count). The molecular weight excluding hydrogens is 436 g/mol. The van der Waals surface area contributed by atoms with Crippen molar-refractivity contribution >= 4 is 22.4 Å². The molecule has 0 aliphatic carbocycles. The van der Waals surface area contributed by atoms with Crippen molar-refractivity contribution in [2.45, 2.75) is 32.0 Å². The van der Waals surface area contributed by atoms with Crippen LogP contribution < -0.4 is 15.0 Å². The summed E-state index contributed by atoms with van der Waals surface area (Å²) in [4.78, 5) is 13.5. The number of carbonyl (C=O) groups is 1. The summed E-state index contributed by atoms with van der Waals surface area (Å²) in [6.07, 6.45) is 0.952. The van der Waals surface area contributed by atoms with E-state index in [4.69, 9.17) is 4.74 Å². The number of ether oxygens (including phenoxy) is 1. The van der Waals surface area contributed by atoms with E-state index in [2.05, 4.69) is 65.7 Å². The molecule has 178 valence electrons. The topological polar surface area (TPSA) is 61.8 Å². The van der Waals surface area contributed by atoms with Crippen molar-refractivity contribution in [3.8, 4) is 5.75 Å². The van der Waals surface area contributed by atoms with Crippen molar-refractivity contribution in [3.05, 3.63) is 108 Å². The number of carboxylic acid groups (broad SMARTS) is 1. The molecule has 2 atom stereocenters. The molecule has 35 heavy (non-hydrogen) atoms. The molecule has 1 unspecified atom stereocenters. The van der Waals surface area contributed by atoms with Gasteiger partial charge in [0, 0.05) is 12.6 Å². The number of aromatic carboxylic acids is 1. The molecule has 4 aromatic rings. The Balaban J connectivity index is 1.24. The molecule has 0 bridgehead atoms. The second-order valence-electron chi connectivity index (χ2n) is 9.12. The van der Waals surface area contributed by atoms with Gasteiger partial charge in [0.05, 0.1) is 17.8 Å². The lowest BCUT2D eigenvalue weighted by molar-refractivity contribution is 0.0697. The van der Waals surface area contributed by atoms with Gasteiger partial charge in [-0.1, -0.05) is 66.7 Å². The summed E-state index contributed by atoms with van der Waals surface area (Å²) in [6, 6.07) is 30.5. The fourth-order valence-electron chi connectivity index (χ4n) is 4.85. The number of nitrogens with zero attached hydrogens (tertiary/aromatic N) is 1. The minimum atomic E-state index is -0.904. The predicted octanol–water partition coefficient (Wildman–Crippen LogP) is 6.05. The monoisotopic (exact) mass is 466 g/mol. The van der Waals surface area contributed by atoms with Gasteiger partial charge in [0.15, 0.2) is 0 Å². The van der Waals surface area contributed by atoms with Crippen molar-refractivity contribution in [2.75, 3.05) is 18.0 Å². The smallest absolute Gasteiger partial charge is 0.335 e. The third kappa shape index (κ3) is 5.15. The number of carboxylic acids is 1. The minimum absolute atomic E-state index is 0.0652. The van der Waals surface area contributed by atoms with Crippen LogP contribution in [0.15, 0.2) is 91.0 Å². The second kappa shape index (κ2) is 10.2. The van der Waals surface area contributed by atoms with E-state index in [9.17, 15) is 9.90 Å². The maximum atomic E-state index is 11.2. The fourth-order valence-corrected chi connectivity index (χ4v) is 4.85. The van der Waals surface area contributed by atoms with Crippen LogP contribution in [0.3, 0.4) is 0 Å². The molecule has 0 aromatic heterocycles. The molecule has 0 amide bonds. The highest BCUT2D eigenvalue weighted by molar-refractivity contribution is 5.87. The van der Waals surface area contributed by atoms with E-state index < -0.39 is 5.97 Å². The molecule has 0 spiro atoms. The Labute approximate surface area is 206 Å².